The molecule has 1 atom stereocenters. The first-order valence-electron chi connectivity index (χ1n) is 8.86. The monoisotopic (exact) mass is 308 g/mol. The third kappa shape index (κ3) is 7.90. The predicted molar refractivity (Wildman–Crippen MR) is 96.4 cm³/mol. The van der Waals surface area contributed by atoms with Gasteiger partial charge in [0.2, 0.25) is 0 Å². The van der Waals surface area contributed by atoms with E-state index in [9.17, 15) is 0 Å². The summed E-state index contributed by atoms with van der Waals surface area (Å²) in [7, 11) is 0. The molecule has 0 radical (unpaired) electrons. The van der Waals surface area contributed by atoms with Gasteiger partial charge in [0.15, 0.2) is 0 Å². The summed E-state index contributed by atoms with van der Waals surface area (Å²) < 4.78 is 0. The third-order valence-corrected chi connectivity index (χ3v) is 4.78. The Labute approximate surface area is 137 Å². The zero-order valence-corrected chi connectivity index (χ0v) is 15.0. The number of rotatable bonds is 11. The van der Waals surface area contributed by atoms with E-state index in [1.54, 1.807) is 0 Å². The first-order chi connectivity index (χ1) is 10.1. The van der Waals surface area contributed by atoms with E-state index in [1.165, 1.54) is 74.5 Å². The lowest BCUT2D eigenvalue weighted by atomic mass is 9.99. The van der Waals surface area contributed by atoms with Gasteiger partial charge >= 0.3 is 0 Å². The molecule has 0 saturated heterocycles. The molecule has 21 heavy (non-hydrogen) atoms. The summed E-state index contributed by atoms with van der Waals surface area (Å²) in [6.07, 6.45) is 13.5. The smallest absolute Gasteiger partial charge is 0.0587 e. The number of halogens is 1. The zero-order chi connectivity index (χ0) is 15.5. The first-order valence-corrected chi connectivity index (χ1v) is 9.30. The van der Waals surface area contributed by atoms with Crippen LogP contribution in [-0.4, -0.2) is 0 Å². The maximum absolute atomic E-state index is 6.56. The average molecular weight is 309 g/mol. The molecule has 0 heterocycles. The van der Waals surface area contributed by atoms with Gasteiger partial charge < -0.3 is 0 Å². The van der Waals surface area contributed by atoms with Crippen LogP contribution >= 0.6 is 11.6 Å². The van der Waals surface area contributed by atoms with E-state index < -0.39 is 0 Å². The van der Waals surface area contributed by atoms with Crippen LogP contribution < -0.4 is 0 Å². The zero-order valence-electron chi connectivity index (χ0n) is 14.3. The number of hydrogen-bond donors (Lipinski definition) is 0. The molecule has 1 rings (SSSR count). The van der Waals surface area contributed by atoms with Crippen molar-refractivity contribution in [3.05, 3.63) is 34.9 Å². The van der Waals surface area contributed by atoms with Crippen molar-refractivity contribution in [1.29, 1.82) is 0 Å². The Bertz CT molecular complexity index is 383. The molecule has 0 aromatic heterocycles. The molecule has 1 heteroatoms. The first kappa shape index (κ1) is 18.6. The van der Waals surface area contributed by atoms with Crippen molar-refractivity contribution in [2.24, 2.45) is 0 Å². The molecule has 0 spiro atoms. The molecule has 120 valence electrons. The number of unbranched alkanes of at least 4 members (excludes halogenated alkanes) is 8. The number of hydrogen-bond acceptors (Lipinski definition) is 0. The molecule has 0 aliphatic rings. The fourth-order valence-corrected chi connectivity index (χ4v) is 3.37. The highest BCUT2D eigenvalue weighted by Gasteiger charge is 2.10. The summed E-state index contributed by atoms with van der Waals surface area (Å²) in [5, 5.41) is 0.190. The Kier molecular flexibility index (Phi) is 9.83. The maximum atomic E-state index is 6.56. The van der Waals surface area contributed by atoms with E-state index in [0.717, 1.165) is 6.42 Å². The fourth-order valence-electron chi connectivity index (χ4n) is 2.97. The number of aryl methyl sites for hydroxylation is 2. The standard InChI is InChI=1S/C20H33Cl/c1-4-5-6-7-8-9-10-11-12-13-20(21)19-15-14-17(2)16-18(19)3/h14-16,20H,4-13H2,1-3H3. The molecule has 1 aromatic carbocycles. The van der Waals surface area contributed by atoms with E-state index in [1.807, 2.05) is 0 Å². The van der Waals surface area contributed by atoms with Crippen molar-refractivity contribution < 1.29 is 0 Å². The minimum atomic E-state index is 0.190. The van der Waals surface area contributed by atoms with Crippen molar-refractivity contribution >= 4 is 11.6 Å². The summed E-state index contributed by atoms with van der Waals surface area (Å²) in [4.78, 5) is 0. The van der Waals surface area contributed by atoms with E-state index in [4.69, 9.17) is 11.6 Å². The lowest BCUT2D eigenvalue weighted by Crippen LogP contribution is -1.95. The topological polar surface area (TPSA) is 0 Å². The van der Waals surface area contributed by atoms with Gasteiger partial charge in [-0.25, -0.2) is 0 Å². The molecular formula is C20H33Cl. The van der Waals surface area contributed by atoms with Crippen LogP contribution in [0.3, 0.4) is 0 Å². The molecule has 1 unspecified atom stereocenters. The van der Waals surface area contributed by atoms with E-state index in [2.05, 4.69) is 39.0 Å². The molecule has 0 aliphatic carbocycles. The third-order valence-electron chi connectivity index (χ3n) is 4.32. The van der Waals surface area contributed by atoms with Gasteiger partial charge in [-0.3, -0.25) is 0 Å². The van der Waals surface area contributed by atoms with Gasteiger partial charge in [0.05, 0.1) is 5.38 Å². The lowest BCUT2D eigenvalue weighted by molar-refractivity contribution is 0.554. The van der Waals surface area contributed by atoms with Crippen molar-refractivity contribution in [2.75, 3.05) is 0 Å². The fraction of sp³-hybridized carbons (Fsp3) is 0.700. The highest BCUT2D eigenvalue weighted by Crippen LogP contribution is 2.29. The number of benzene rings is 1. The van der Waals surface area contributed by atoms with Crippen LogP contribution in [0.1, 0.15) is 93.2 Å². The van der Waals surface area contributed by atoms with Crippen LogP contribution in [0.15, 0.2) is 18.2 Å². The van der Waals surface area contributed by atoms with Crippen LogP contribution in [-0.2, 0) is 0 Å². The summed E-state index contributed by atoms with van der Waals surface area (Å²) in [5.74, 6) is 0. The van der Waals surface area contributed by atoms with Gasteiger partial charge in [0, 0.05) is 0 Å². The Morgan fingerprint density at radius 2 is 1.43 bits per heavy atom. The Morgan fingerprint density at radius 1 is 0.857 bits per heavy atom. The Morgan fingerprint density at radius 3 is 2.00 bits per heavy atom. The van der Waals surface area contributed by atoms with Gasteiger partial charge in [-0.15, -0.1) is 11.6 Å². The van der Waals surface area contributed by atoms with Gasteiger partial charge in [-0.05, 0) is 31.4 Å². The normalized spacial score (nSPS) is 12.6. The largest absolute Gasteiger partial charge is 0.118 e. The Hall–Kier alpha value is -0.490. The van der Waals surface area contributed by atoms with Gasteiger partial charge in [-0.2, -0.15) is 0 Å². The molecule has 0 fully saturated rings. The van der Waals surface area contributed by atoms with E-state index in [0.29, 0.717) is 0 Å². The summed E-state index contributed by atoms with van der Waals surface area (Å²) in [6.45, 7) is 6.59. The highest BCUT2D eigenvalue weighted by molar-refractivity contribution is 6.20. The molecule has 1 aromatic rings. The van der Waals surface area contributed by atoms with Crippen LogP contribution in [0.2, 0.25) is 0 Å². The van der Waals surface area contributed by atoms with Gasteiger partial charge in [0.25, 0.3) is 0 Å². The minimum Gasteiger partial charge on any atom is -0.118 e. The van der Waals surface area contributed by atoms with Crippen molar-refractivity contribution in [3.8, 4) is 0 Å². The van der Waals surface area contributed by atoms with Crippen molar-refractivity contribution in [3.63, 3.8) is 0 Å². The molecule has 0 saturated carbocycles. The van der Waals surface area contributed by atoms with Crippen LogP contribution in [0.4, 0.5) is 0 Å². The lowest BCUT2D eigenvalue weighted by Gasteiger charge is -2.13. The second-order valence-corrected chi connectivity index (χ2v) is 6.97. The summed E-state index contributed by atoms with van der Waals surface area (Å²) >= 11 is 6.56. The summed E-state index contributed by atoms with van der Waals surface area (Å²) in [5.41, 5.74) is 3.98. The number of alkyl halides is 1. The van der Waals surface area contributed by atoms with Crippen LogP contribution in [0.5, 0.6) is 0 Å². The van der Waals surface area contributed by atoms with Crippen molar-refractivity contribution in [1.82, 2.24) is 0 Å². The Balaban J connectivity index is 2.09. The predicted octanol–water partition coefficient (Wildman–Crippen LogP) is 7.50. The molecule has 0 nitrogen and oxygen atoms in total. The highest BCUT2D eigenvalue weighted by atomic mass is 35.5. The SMILES string of the molecule is CCCCCCCCCCCC(Cl)c1ccc(C)cc1C. The summed E-state index contributed by atoms with van der Waals surface area (Å²) in [6, 6.07) is 6.62. The molecule has 0 N–H and O–H groups in total. The second kappa shape index (κ2) is 11.1. The molecular weight excluding hydrogens is 276 g/mol. The van der Waals surface area contributed by atoms with E-state index in [-0.39, 0.29) is 5.38 Å². The van der Waals surface area contributed by atoms with Gasteiger partial charge in [0.1, 0.15) is 0 Å². The van der Waals surface area contributed by atoms with Crippen LogP contribution in [0, 0.1) is 13.8 Å². The second-order valence-electron chi connectivity index (χ2n) is 6.44. The van der Waals surface area contributed by atoms with E-state index >= 15 is 0 Å². The van der Waals surface area contributed by atoms with Gasteiger partial charge in [-0.1, -0.05) is 88.5 Å². The average Bonchev–Trinajstić information content (AvgIpc) is 2.45. The molecule has 0 amide bonds. The van der Waals surface area contributed by atoms with Crippen LogP contribution in [0.25, 0.3) is 0 Å². The van der Waals surface area contributed by atoms with Crippen molar-refractivity contribution in [2.45, 2.75) is 90.4 Å². The maximum Gasteiger partial charge on any atom is 0.0587 e. The minimum absolute atomic E-state index is 0.190. The quantitative estimate of drug-likeness (QED) is 0.293. The molecule has 0 aliphatic heterocycles. The molecule has 0 bridgehead atoms.